The minimum atomic E-state index is 0.301. The summed E-state index contributed by atoms with van der Waals surface area (Å²) in [7, 11) is 0. The molecule has 4 rings (SSSR count). The third-order valence-electron chi connectivity index (χ3n) is 4.68. The van der Waals surface area contributed by atoms with Crippen LogP contribution in [0.3, 0.4) is 0 Å². The normalized spacial score (nSPS) is 24.5. The smallest absolute Gasteiger partial charge is 0.227 e. The van der Waals surface area contributed by atoms with Crippen LogP contribution in [0.4, 0.5) is 5.69 Å². The van der Waals surface area contributed by atoms with E-state index in [1.54, 1.807) is 0 Å². The molecule has 1 saturated carbocycles. The Morgan fingerprint density at radius 2 is 2.12 bits per heavy atom. The summed E-state index contributed by atoms with van der Waals surface area (Å²) in [6.07, 6.45) is 6.81. The van der Waals surface area contributed by atoms with Crippen molar-refractivity contribution in [3.05, 3.63) is 29.3 Å². The van der Waals surface area contributed by atoms with Crippen LogP contribution in [0.2, 0.25) is 0 Å². The van der Waals surface area contributed by atoms with E-state index in [2.05, 4.69) is 12.1 Å². The molecule has 0 atom stereocenters. The fourth-order valence-corrected chi connectivity index (χ4v) is 3.54. The van der Waals surface area contributed by atoms with E-state index in [9.17, 15) is 4.79 Å². The molecule has 1 aromatic rings. The van der Waals surface area contributed by atoms with Gasteiger partial charge >= 0.3 is 0 Å². The third kappa shape index (κ3) is 1.24. The maximum Gasteiger partial charge on any atom is 0.227 e. The highest BCUT2D eigenvalue weighted by Crippen LogP contribution is 2.58. The van der Waals surface area contributed by atoms with Gasteiger partial charge in [-0.25, -0.2) is 0 Å². The van der Waals surface area contributed by atoms with Gasteiger partial charge in [0.25, 0.3) is 0 Å². The lowest BCUT2D eigenvalue weighted by atomic mass is 9.98. The first kappa shape index (κ1) is 9.69. The van der Waals surface area contributed by atoms with Gasteiger partial charge in [-0.1, -0.05) is 6.07 Å². The summed E-state index contributed by atoms with van der Waals surface area (Å²) in [5.41, 5.74) is 4.49. The largest absolute Gasteiger partial charge is 0.312 e. The molecule has 2 aliphatic carbocycles. The monoisotopic (exact) mass is 226 g/mol. The van der Waals surface area contributed by atoms with Crippen LogP contribution in [0.15, 0.2) is 12.1 Å². The highest BCUT2D eigenvalue weighted by atomic mass is 16.2. The second kappa shape index (κ2) is 3.12. The molecule has 87 valence electrons. The van der Waals surface area contributed by atoms with Gasteiger partial charge in [-0.05, 0) is 60.8 Å². The Morgan fingerprint density at radius 3 is 2.82 bits per heavy atom. The van der Waals surface area contributed by atoms with E-state index in [1.807, 2.05) is 11.0 Å². The summed E-state index contributed by atoms with van der Waals surface area (Å²) in [6.45, 7) is 0.905. The van der Waals surface area contributed by atoms with Crippen molar-refractivity contribution in [3.8, 4) is 0 Å². The molecule has 0 aromatic heterocycles. The molecule has 2 heteroatoms. The molecule has 0 bridgehead atoms. The number of carbonyl (C=O) groups is 1. The minimum absolute atomic E-state index is 0.301. The molecule has 1 aliphatic heterocycles. The summed E-state index contributed by atoms with van der Waals surface area (Å²) in [6, 6.07) is 7.55. The topological polar surface area (TPSA) is 20.3 Å². The van der Waals surface area contributed by atoms with Crippen molar-refractivity contribution in [2.75, 3.05) is 11.4 Å². The third-order valence-corrected chi connectivity index (χ3v) is 4.68. The van der Waals surface area contributed by atoms with Crippen molar-refractivity contribution >= 4 is 11.6 Å². The predicted octanol–water partition coefficient (Wildman–Crippen LogP) is 2.59. The first-order valence-corrected chi connectivity index (χ1v) is 6.65. The zero-order valence-electron chi connectivity index (χ0n) is 9.96. The van der Waals surface area contributed by atoms with E-state index < -0.39 is 0 Å². The minimum Gasteiger partial charge on any atom is -0.312 e. The van der Waals surface area contributed by atoms with E-state index in [0.717, 1.165) is 25.8 Å². The van der Waals surface area contributed by atoms with Gasteiger partial charge in [0.2, 0.25) is 5.91 Å². The SMILES string of the molecule is O=C1CCCN1c1cc[c]c2c1CCC21CC1. The second-order valence-corrected chi connectivity index (χ2v) is 5.65. The molecule has 1 radical (unpaired) electrons. The van der Waals surface area contributed by atoms with Crippen molar-refractivity contribution in [3.63, 3.8) is 0 Å². The van der Waals surface area contributed by atoms with E-state index >= 15 is 0 Å². The van der Waals surface area contributed by atoms with Crippen LogP contribution < -0.4 is 4.90 Å². The van der Waals surface area contributed by atoms with Crippen LogP contribution in [0, 0.1) is 6.07 Å². The lowest BCUT2D eigenvalue weighted by Gasteiger charge is -2.19. The van der Waals surface area contributed by atoms with Gasteiger partial charge in [-0.2, -0.15) is 0 Å². The summed E-state index contributed by atoms with van der Waals surface area (Å²) >= 11 is 0. The number of carbonyl (C=O) groups excluding carboxylic acids is 1. The number of hydrogen-bond donors (Lipinski definition) is 0. The molecular formula is C15H16NO. The molecule has 0 N–H and O–H groups in total. The standard InChI is InChI=1S/C15H16NO/c17-14-5-2-10-16(14)13-4-1-3-12-11(13)6-7-15(12)8-9-15/h1,4H,2,5-10H2. The highest BCUT2D eigenvalue weighted by molar-refractivity contribution is 5.96. The molecule has 2 nitrogen and oxygen atoms in total. The average molecular weight is 226 g/mol. The molecular weight excluding hydrogens is 210 g/mol. The Balaban J connectivity index is 1.82. The number of amides is 1. The second-order valence-electron chi connectivity index (χ2n) is 5.65. The van der Waals surface area contributed by atoms with Crippen molar-refractivity contribution in [1.29, 1.82) is 0 Å². The highest BCUT2D eigenvalue weighted by Gasteiger charge is 2.49. The van der Waals surface area contributed by atoms with Crippen LogP contribution in [-0.2, 0) is 16.6 Å². The Morgan fingerprint density at radius 1 is 1.24 bits per heavy atom. The number of anilines is 1. The van der Waals surface area contributed by atoms with Crippen molar-refractivity contribution in [2.45, 2.75) is 43.9 Å². The Kier molecular flexibility index (Phi) is 1.78. The molecule has 1 amide bonds. The molecule has 17 heavy (non-hydrogen) atoms. The Hall–Kier alpha value is -1.31. The zero-order chi connectivity index (χ0) is 11.5. The van der Waals surface area contributed by atoms with Gasteiger partial charge in [0, 0.05) is 18.7 Å². The fraction of sp³-hybridized carbons (Fsp3) is 0.533. The van der Waals surface area contributed by atoms with E-state index in [1.165, 1.54) is 36.1 Å². The molecule has 2 fully saturated rings. The lowest BCUT2D eigenvalue weighted by molar-refractivity contribution is -0.117. The first-order chi connectivity index (χ1) is 8.30. The first-order valence-electron chi connectivity index (χ1n) is 6.65. The quantitative estimate of drug-likeness (QED) is 0.720. The summed E-state index contributed by atoms with van der Waals surface area (Å²) in [5.74, 6) is 0.301. The predicted molar refractivity (Wildman–Crippen MR) is 66.1 cm³/mol. The van der Waals surface area contributed by atoms with Gasteiger partial charge in [-0.3, -0.25) is 4.79 Å². The van der Waals surface area contributed by atoms with Gasteiger partial charge in [0.15, 0.2) is 0 Å². The summed E-state index contributed by atoms with van der Waals surface area (Å²) in [5, 5.41) is 0. The fourth-order valence-electron chi connectivity index (χ4n) is 3.54. The van der Waals surface area contributed by atoms with Crippen LogP contribution in [0.25, 0.3) is 0 Å². The van der Waals surface area contributed by atoms with E-state index in [0.29, 0.717) is 11.3 Å². The lowest BCUT2D eigenvalue weighted by Crippen LogP contribution is -2.25. The zero-order valence-corrected chi connectivity index (χ0v) is 9.96. The van der Waals surface area contributed by atoms with Crippen LogP contribution in [0.1, 0.15) is 43.2 Å². The van der Waals surface area contributed by atoms with Crippen molar-refractivity contribution in [2.24, 2.45) is 0 Å². The number of fused-ring (bicyclic) bond motifs is 2. The van der Waals surface area contributed by atoms with Gasteiger partial charge in [-0.15, -0.1) is 0 Å². The Bertz CT molecular complexity index is 502. The van der Waals surface area contributed by atoms with Crippen LogP contribution >= 0.6 is 0 Å². The van der Waals surface area contributed by atoms with E-state index in [-0.39, 0.29) is 0 Å². The maximum atomic E-state index is 11.9. The van der Waals surface area contributed by atoms with Crippen LogP contribution in [-0.4, -0.2) is 12.5 Å². The maximum absolute atomic E-state index is 11.9. The van der Waals surface area contributed by atoms with Crippen molar-refractivity contribution < 1.29 is 4.79 Å². The van der Waals surface area contributed by atoms with Crippen molar-refractivity contribution in [1.82, 2.24) is 0 Å². The van der Waals surface area contributed by atoms with Gasteiger partial charge in [0.05, 0.1) is 0 Å². The number of nitrogens with zero attached hydrogens (tertiary/aromatic N) is 1. The molecule has 1 heterocycles. The van der Waals surface area contributed by atoms with Crippen LogP contribution in [0.5, 0.6) is 0 Å². The molecule has 1 spiro atoms. The summed E-state index contributed by atoms with van der Waals surface area (Å²) < 4.78 is 0. The molecule has 1 saturated heterocycles. The van der Waals surface area contributed by atoms with Gasteiger partial charge < -0.3 is 4.90 Å². The molecule has 1 aromatic carbocycles. The van der Waals surface area contributed by atoms with E-state index in [4.69, 9.17) is 0 Å². The molecule has 0 unspecified atom stereocenters. The Labute approximate surface area is 102 Å². The average Bonchev–Trinajstić information content (AvgIpc) is 2.85. The van der Waals surface area contributed by atoms with Gasteiger partial charge in [0.1, 0.15) is 0 Å². The molecule has 3 aliphatic rings. The number of rotatable bonds is 1. The number of benzene rings is 1. The number of hydrogen-bond acceptors (Lipinski definition) is 1. The summed E-state index contributed by atoms with van der Waals surface area (Å²) in [4.78, 5) is 13.9.